The minimum atomic E-state index is 0.201. The summed E-state index contributed by atoms with van der Waals surface area (Å²) in [5, 5.41) is 6.40. The Morgan fingerprint density at radius 2 is 2.21 bits per heavy atom. The SMILES string of the molecule is O=C(CCCNCc1cncn1C1CC1)NC1CC1. The molecule has 3 rings (SSSR count). The fourth-order valence-corrected chi connectivity index (χ4v) is 2.27. The molecule has 104 valence electrons. The molecule has 0 radical (unpaired) electrons. The van der Waals surface area contributed by atoms with E-state index in [9.17, 15) is 4.79 Å². The molecule has 5 nitrogen and oxygen atoms in total. The second-order valence-electron chi connectivity index (χ2n) is 5.65. The van der Waals surface area contributed by atoms with Gasteiger partial charge in [-0.15, -0.1) is 0 Å². The Balaban J connectivity index is 1.29. The lowest BCUT2D eigenvalue weighted by Crippen LogP contribution is -2.26. The average Bonchev–Trinajstić information content (AvgIpc) is 3.31. The third kappa shape index (κ3) is 3.80. The van der Waals surface area contributed by atoms with Crippen molar-refractivity contribution < 1.29 is 4.79 Å². The third-order valence-corrected chi connectivity index (χ3v) is 3.69. The van der Waals surface area contributed by atoms with Crippen LogP contribution in [0.3, 0.4) is 0 Å². The van der Waals surface area contributed by atoms with Crippen molar-refractivity contribution >= 4 is 5.91 Å². The fraction of sp³-hybridized carbons (Fsp3) is 0.714. The lowest BCUT2D eigenvalue weighted by molar-refractivity contribution is -0.121. The van der Waals surface area contributed by atoms with Gasteiger partial charge in [0.2, 0.25) is 5.91 Å². The van der Waals surface area contributed by atoms with E-state index in [-0.39, 0.29) is 5.91 Å². The van der Waals surface area contributed by atoms with Crippen molar-refractivity contribution in [2.75, 3.05) is 6.54 Å². The predicted octanol–water partition coefficient (Wildman–Crippen LogP) is 1.37. The van der Waals surface area contributed by atoms with E-state index >= 15 is 0 Å². The molecule has 2 aliphatic rings. The Labute approximate surface area is 113 Å². The zero-order chi connectivity index (χ0) is 13.1. The molecule has 0 aliphatic heterocycles. The summed E-state index contributed by atoms with van der Waals surface area (Å²) in [4.78, 5) is 15.7. The van der Waals surface area contributed by atoms with Gasteiger partial charge in [0.05, 0.1) is 12.0 Å². The quantitative estimate of drug-likeness (QED) is 0.696. The van der Waals surface area contributed by atoms with Gasteiger partial charge in [-0.2, -0.15) is 0 Å². The van der Waals surface area contributed by atoms with Crippen molar-refractivity contribution in [2.45, 2.75) is 57.2 Å². The highest BCUT2D eigenvalue weighted by atomic mass is 16.1. The first-order valence-corrected chi connectivity index (χ1v) is 7.34. The molecule has 2 saturated carbocycles. The highest BCUT2D eigenvalue weighted by molar-refractivity contribution is 5.76. The molecule has 1 amide bonds. The number of aromatic nitrogens is 2. The van der Waals surface area contributed by atoms with E-state index in [2.05, 4.69) is 20.2 Å². The molecular formula is C14H22N4O. The topological polar surface area (TPSA) is 59.0 Å². The van der Waals surface area contributed by atoms with E-state index in [1.807, 2.05) is 12.5 Å². The van der Waals surface area contributed by atoms with E-state index in [4.69, 9.17) is 0 Å². The Bertz CT molecular complexity index is 434. The normalized spacial score (nSPS) is 18.5. The number of amides is 1. The maximum atomic E-state index is 11.5. The van der Waals surface area contributed by atoms with E-state index in [1.54, 1.807) is 0 Å². The summed E-state index contributed by atoms with van der Waals surface area (Å²) in [7, 11) is 0. The van der Waals surface area contributed by atoms with Crippen molar-refractivity contribution in [3.63, 3.8) is 0 Å². The van der Waals surface area contributed by atoms with Gasteiger partial charge >= 0.3 is 0 Å². The second kappa shape index (κ2) is 5.74. The van der Waals surface area contributed by atoms with Crippen LogP contribution in [0.5, 0.6) is 0 Å². The molecule has 5 heteroatoms. The molecule has 19 heavy (non-hydrogen) atoms. The fourth-order valence-electron chi connectivity index (χ4n) is 2.27. The molecule has 0 spiro atoms. The molecule has 0 saturated heterocycles. The zero-order valence-corrected chi connectivity index (χ0v) is 11.3. The van der Waals surface area contributed by atoms with Gasteiger partial charge in [-0.1, -0.05) is 0 Å². The summed E-state index contributed by atoms with van der Waals surface area (Å²) < 4.78 is 2.27. The molecule has 2 N–H and O–H groups in total. The van der Waals surface area contributed by atoms with Gasteiger partial charge in [0.1, 0.15) is 0 Å². The third-order valence-electron chi connectivity index (χ3n) is 3.69. The average molecular weight is 262 g/mol. The van der Waals surface area contributed by atoms with Crippen LogP contribution in [0.25, 0.3) is 0 Å². The van der Waals surface area contributed by atoms with Gasteiger partial charge in [-0.05, 0) is 38.6 Å². The zero-order valence-electron chi connectivity index (χ0n) is 11.3. The molecule has 1 heterocycles. The Kier molecular flexibility index (Phi) is 3.82. The number of hydrogen-bond donors (Lipinski definition) is 2. The summed E-state index contributed by atoms with van der Waals surface area (Å²) in [5.41, 5.74) is 1.25. The summed E-state index contributed by atoms with van der Waals surface area (Å²) in [6, 6.07) is 1.16. The molecule has 0 aromatic carbocycles. The maximum absolute atomic E-state index is 11.5. The molecule has 2 fully saturated rings. The minimum Gasteiger partial charge on any atom is -0.353 e. The first-order chi connectivity index (χ1) is 9.33. The van der Waals surface area contributed by atoms with Crippen LogP contribution < -0.4 is 10.6 Å². The molecule has 0 bridgehead atoms. The summed E-state index contributed by atoms with van der Waals surface area (Å²) >= 11 is 0. The van der Waals surface area contributed by atoms with Crippen LogP contribution in [0.2, 0.25) is 0 Å². The Morgan fingerprint density at radius 3 is 2.95 bits per heavy atom. The standard InChI is InChI=1S/C14H22N4O/c19-14(17-11-3-4-11)2-1-7-15-8-13-9-16-10-18(13)12-5-6-12/h9-12,15H,1-8H2,(H,17,19). The van der Waals surface area contributed by atoms with E-state index in [0.717, 1.165) is 32.4 Å². The summed E-state index contributed by atoms with van der Waals surface area (Å²) in [6.45, 7) is 1.73. The lowest BCUT2D eigenvalue weighted by atomic mass is 10.3. The van der Waals surface area contributed by atoms with Crippen LogP contribution in [0.1, 0.15) is 50.3 Å². The summed E-state index contributed by atoms with van der Waals surface area (Å²) in [6.07, 6.45) is 10.3. The van der Waals surface area contributed by atoms with Gasteiger partial charge in [-0.3, -0.25) is 4.79 Å². The number of nitrogens with one attached hydrogen (secondary N) is 2. The van der Waals surface area contributed by atoms with Crippen LogP contribution in [0, 0.1) is 0 Å². The summed E-state index contributed by atoms with van der Waals surface area (Å²) in [5.74, 6) is 0.201. The Morgan fingerprint density at radius 1 is 1.37 bits per heavy atom. The van der Waals surface area contributed by atoms with E-state index in [0.29, 0.717) is 18.5 Å². The monoisotopic (exact) mass is 262 g/mol. The minimum absolute atomic E-state index is 0.201. The van der Waals surface area contributed by atoms with Gasteiger partial charge in [0.25, 0.3) is 0 Å². The molecule has 1 aromatic heterocycles. The highest BCUT2D eigenvalue weighted by Crippen LogP contribution is 2.35. The van der Waals surface area contributed by atoms with Crippen molar-refractivity contribution in [2.24, 2.45) is 0 Å². The van der Waals surface area contributed by atoms with Gasteiger partial charge < -0.3 is 15.2 Å². The highest BCUT2D eigenvalue weighted by Gasteiger charge is 2.25. The molecule has 1 aromatic rings. The van der Waals surface area contributed by atoms with Crippen LogP contribution >= 0.6 is 0 Å². The number of rotatable bonds is 8. The molecule has 2 aliphatic carbocycles. The van der Waals surface area contributed by atoms with Crippen molar-refractivity contribution in [3.8, 4) is 0 Å². The first-order valence-electron chi connectivity index (χ1n) is 7.34. The van der Waals surface area contributed by atoms with Crippen LogP contribution in [-0.4, -0.2) is 28.0 Å². The first kappa shape index (κ1) is 12.7. The van der Waals surface area contributed by atoms with Gasteiger partial charge in [0, 0.05) is 31.2 Å². The molecule has 0 atom stereocenters. The van der Waals surface area contributed by atoms with Crippen molar-refractivity contribution in [3.05, 3.63) is 18.2 Å². The van der Waals surface area contributed by atoms with Crippen LogP contribution in [0.4, 0.5) is 0 Å². The van der Waals surface area contributed by atoms with Crippen molar-refractivity contribution in [1.29, 1.82) is 0 Å². The van der Waals surface area contributed by atoms with E-state index < -0.39 is 0 Å². The number of carbonyl (C=O) groups excluding carboxylic acids is 1. The number of nitrogens with zero attached hydrogens (tertiary/aromatic N) is 2. The van der Waals surface area contributed by atoms with Gasteiger partial charge in [0.15, 0.2) is 0 Å². The number of imidazole rings is 1. The number of hydrogen-bond acceptors (Lipinski definition) is 3. The maximum Gasteiger partial charge on any atom is 0.220 e. The number of carbonyl (C=O) groups is 1. The van der Waals surface area contributed by atoms with Crippen LogP contribution in [0.15, 0.2) is 12.5 Å². The van der Waals surface area contributed by atoms with Gasteiger partial charge in [-0.25, -0.2) is 4.98 Å². The smallest absolute Gasteiger partial charge is 0.220 e. The second-order valence-corrected chi connectivity index (χ2v) is 5.65. The largest absolute Gasteiger partial charge is 0.353 e. The molecular weight excluding hydrogens is 240 g/mol. The van der Waals surface area contributed by atoms with E-state index in [1.165, 1.54) is 18.5 Å². The lowest BCUT2D eigenvalue weighted by Gasteiger charge is -2.08. The van der Waals surface area contributed by atoms with Crippen LogP contribution in [-0.2, 0) is 11.3 Å². The molecule has 0 unspecified atom stereocenters. The predicted molar refractivity (Wildman–Crippen MR) is 72.6 cm³/mol. The Hall–Kier alpha value is -1.36. The van der Waals surface area contributed by atoms with Crippen molar-refractivity contribution in [1.82, 2.24) is 20.2 Å².